The minimum atomic E-state index is 0.406. The van der Waals surface area contributed by atoms with Gasteiger partial charge in [0.25, 0.3) is 0 Å². The molecule has 0 aliphatic rings. The summed E-state index contributed by atoms with van der Waals surface area (Å²) in [6.07, 6.45) is 4.64. The molecule has 0 saturated carbocycles. The lowest BCUT2D eigenvalue weighted by Crippen LogP contribution is -2.00. The second-order valence-corrected chi connectivity index (χ2v) is 3.49. The van der Waals surface area contributed by atoms with Gasteiger partial charge in [-0.05, 0) is 6.07 Å². The van der Waals surface area contributed by atoms with Crippen LogP contribution in [-0.4, -0.2) is 24.7 Å². The van der Waals surface area contributed by atoms with Crippen LogP contribution in [0.1, 0.15) is 0 Å². The maximum Gasteiger partial charge on any atom is 0.168 e. The third-order valence-electron chi connectivity index (χ3n) is 2.41. The number of nitrogen functional groups attached to an aromatic ring is 2. The molecule has 0 bridgehead atoms. The summed E-state index contributed by atoms with van der Waals surface area (Å²) < 4.78 is 1.64. The molecule has 3 rings (SSSR count). The number of anilines is 2. The van der Waals surface area contributed by atoms with Gasteiger partial charge in [-0.25, -0.2) is 19.6 Å². The molecule has 0 aliphatic heterocycles. The molecule has 4 N–H and O–H groups in total. The number of hydrogen-bond acceptors (Lipinski definition) is 6. The van der Waals surface area contributed by atoms with Gasteiger partial charge in [0, 0.05) is 12.3 Å². The van der Waals surface area contributed by atoms with E-state index in [4.69, 9.17) is 11.5 Å². The van der Waals surface area contributed by atoms with E-state index < -0.39 is 0 Å². The van der Waals surface area contributed by atoms with Crippen molar-refractivity contribution in [2.45, 2.75) is 0 Å². The number of fused-ring (bicyclic) bond motifs is 1. The van der Waals surface area contributed by atoms with Gasteiger partial charge in [-0.15, -0.1) is 0 Å². The van der Waals surface area contributed by atoms with E-state index in [2.05, 4.69) is 20.1 Å². The Hall–Kier alpha value is -2.70. The molecule has 0 radical (unpaired) electrons. The first-order valence-corrected chi connectivity index (χ1v) is 4.92. The molecule has 7 heteroatoms. The standard InChI is InChI=1S/C10H9N7/c11-8-3-6(1-2-13-8)17-10-7(4-16-17)9(12)14-5-15-10/h1-5H,(H2,11,13)(H2,12,14,15). The number of nitrogens with zero attached hydrogens (tertiary/aromatic N) is 5. The number of rotatable bonds is 1. The molecule has 7 nitrogen and oxygen atoms in total. The molecule has 3 aromatic rings. The van der Waals surface area contributed by atoms with Gasteiger partial charge in [-0.3, -0.25) is 0 Å². The van der Waals surface area contributed by atoms with Crippen molar-refractivity contribution in [2.24, 2.45) is 0 Å². The van der Waals surface area contributed by atoms with Gasteiger partial charge in [-0.1, -0.05) is 0 Å². The molecule has 84 valence electrons. The monoisotopic (exact) mass is 227 g/mol. The first-order chi connectivity index (χ1) is 8.25. The van der Waals surface area contributed by atoms with Crippen molar-refractivity contribution in [3.63, 3.8) is 0 Å². The number of nitrogens with two attached hydrogens (primary N) is 2. The molecule has 3 heterocycles. The molecule has 0 unspecified atom stereocenters. The van der Waals surface area contributed by atoms with Crippen LogP contribution in [-0.2, 0) is 0 Å². The Kier molecular flexibility index (Phi) is 1.91. The van der Waals surface area contributed by atoms with Crippen LogP contribution in [0.5, 0.6) is 0 Å². The van der Waals surface area contributed by atoms with Gasteiger partial charge in [0.1, 0.15) is 18.0 Å². The van der Waals surface area contributed by atoms with Crippen LogP contribution in [0, 0.1) is 0 Å². The zero-order chi connectivity index (χ0) is 11.8. The van der Waals surface area contributed by atoms with Crippen LogP contribution in [0.3, 0.4) is 0 Å². The summed E-state index contributed by atoms with van der Waals surface area (Å²) in [5.74, 6) is 0.830. The fourth-order valence-electron chi connectivity index (χ4n) is 1.62. The lowest BCUT2D eigenvalue weighted by atomic mass is 10.3. The van der Waals surface area contributed by atoms with Gasteiger partial charge in [0.05, 0.1) is 17.3 Å². The SMILES string of the molecule is Nc1cc(-n2ncc3c(N)ncnc32)ccn1. The smallest absolute Gasteiger partial charge is 0.168 e. The molecule has 0 aromatic carbocycles. The summed E-state index contributed by atoms with van der Waals surface area (Å²) in [5.41, 5.74) is 12.8. The van der Waals surface area contributed by atoms with Crippen molar-refractivity contribution in [2.75, 3.05) is 11.5 Å². The van der Waals surface area contributed by atoms with E-state index in [9.17, 15) is 0 Å². The predicted octanol–water partition coefficient (Wildman–Crippen LogP) is 0.375. The zero-order valence-electron chi connectivity index (χ0n) is 8.78. The minimum Gasteiger partial charge on any atom is -0.384 e. The highest BCUT2D eigenvalue weighted by Gasteiger charge is 2.09. The maximum atomic E-state index is 5.74. The molecule has 0 aliphatic carbocycles. The molecule has 3 aromatic heterocycles. The molecule has 17 heavy (non-hydrogen) atoms. The molecule has 0 spiro atoms. The first-order valence-electron chi connectivity index (χ1n) is 4.92. The van der Waals surface area contributed by atoms with Crippen molar-refractivity contribution in [1.82, 2.24) is 24.7 Å². The van der Waals surface area contributed by atoms with Crippen LogP contribution >= 0.6 is 0 Å². The van der Waals surface area contributed by atoms with E-state index in [-0.39, 0.29) is 0 Å². The first kappa shape index (κ1) is 9.52. The largest absolute Gasteiger partial charge is 0.384 e. The lowest BCUT2D eigenvalue weighted by molar-refractivity contribution is 0.893. The Labute approximate surface area is 96.1 Å². The number of aromatic nitrogens is 5. The van der Waals surface area contributed by atoms with Crippen LogP contribution in [0.2, 0.25) is 0 Å². The van der Waals surface area contributed by atoms with E-state index >= 15 is 0 Å². The molecular weight excluding hydrogens is 218 g/mol. The Balaban J connectivity index is 2.28. The van der Waals surface area contributed by atoms with Gasteiger partial charge >= 0.3 is 0 Å². The van der Waals surface area contributed by atoms with Gasteiger partial charge < -0.3 is 11.5 Å². The third kappa shape index (κ3) is 1.44. The van der Waals surface area contributed by atoms with Crippen LogP contribution < -0.4 is 11.5 Å². The highest BCUT2D eigenvalue weighted by atomic mass is 15.3. The van der Waals surface area contributed by atoms with E-state index in [0.29, 0.717) is 22.7 Å². The molecule has 0 saturated heterocycles. The summed E-state index contributed by atoms with van der Waals surface area (Å²) in [6, 6.07) is 3.51. The van der Waals surface area contributed by atoms with E-state index in [0.717, 1.165) is 5.69 Å². The Morgan fingerprint density at radius 1 is 1.12 bits per heavy atom. The maximum absolute atomic E-state index is 5.74. The van der Waals surface area contributed by atoms with Gasteiger partial charge in [-0.2, -0.15) is 5.10 Å². The summed E-state index contributed by atoms with van der Waals surface area (Å²) in [5, 5.41) is 4.93. The fourth-order valence-corrected chi connectivity index (χ4v) is 1.62. The van der Waals surface area contributed by atoms with Crippen molar-refractivity contribution in [3.8, 4) is 5.69 Å². The lowest BCUT2D eigenvalue weighted by Gasteiger charge is -2.03. The van der Waals surface area contributed by atoms with Crippen molar-refractivity contribution in [1.29, 1.82) is 0 Å². The van der Waals surface area contributed by atoms with Crippen molar-refractivity contribution in [3.05, 3.63) is 30.9 Å². The minimum absolute atomic E-state index is 0.406. The molecule has 0 fully saturated rings. The molecular formula is C10H9N7. The predicted molar refractivity (Wildman–Crippen MR) is 63.3 cm³/mol. The summed E-state index contributed by atoms with van der Waals surface area (Å²) in [4.78, 5) is 12.0. The molecule has 0 amide bonds. The third-order valence-corrected chi connectivity index (χ3v) is 2.41. The van der Waals surface area contributed by atoms with E-state index in [1.54, 1.807) is 29.2 Å². The zero-order valence-corrected chi connectivity index (χ0v) is 8.78. The number of pyridine rings is 1. The highest BCUT2D eigenvalue weighted by molar-refractivity contribution is 5.85. The van der Waals surface area contributed by atoms with Crippen molar-refractivity contribution >= 4 is 22.7 Å². The van der Waals surface area contributed by atoms with Gasteiger partial charge in [0.15, 0.2) is 5.65 Å². The summed E-state index contributed by atoms with van der Waals surface area (Å²) >= 11 is 0. The highest BCUT2D eigenvalue weighted by Crippen LogP contribution is 2.19. The van der Waals surface area contributed by atoms with Crippen molar-refractivity contribution < 1.29 is 0 Å². The van der Waals surface area contributed by atoms with E-state index in [1.165, 1.54) is 6.33 Å². The van der Waals surface area contributed by atoms with E-state index in [1.807, 2.05) is 0 Å². The second-order valence-electron chi connectivity index (χ2n) is 3.49. The number of hydrogen-bond donors (Lipinski definition) is 2. The molecule has 0 atom stereocenters. The average molecular weight is 227 g/mol. The van der Waals surface area contributed by atoms with Gasteiger partial charge in [0.2, 0.25) is 0 Å². The van der Waals surface area contributed by atoms with Crippen LogP contribution in [0.4, 0.5) is 11.6 Å². The Bertz CT molecular complexity index is 688. The topological polar surface area (TPSA) is 109 Å². The normalized spacial score (nSPS) is 10.8. The Morgan fingerprint density at radius 3 is 2.82 bits per heavy atom. The van der Waals surface area contributed by atoms with Crippen LogP contribution in [0.15, 0.2) is 30.9 Å². The fraction of sp³-hybridized carbons (Fsp3) is 0. The quantitative estimate of drug-likeness (QED) is 0.621. The summed E-state index contributed by atoms with van der Waals surface area (Å²) in [7, 11) is 0. The van der Waals surface area contributed by atoms with Crippen LogP contribution in [0.25, 0.3) is 16.7 Å². The summed E-state index contributed by atoms with van der Waals surface area (Å²) in [6.45, 7) is 0. The second kappa shape index (κ2) is 3.41. The Morgan fingerprint density at radius 2 is 2.00 bits per heavy atom. The average Bonchev–Trinajstić information content (AvgIpc) is 2.74.